The Morgan fingerprint density at radius 3 is 2.54 bits per heavy atom. The third-order valence-electron chi connectivity index (χ3n) is 6.08. The Morgan fingerprint density at radius 1 is 1.11 bits per heavy atom. The summed E-state index contributed by atoms with van der Waals surface area (Å²) in [5, 5.41) is 0. The summed E-state index contributed by atoms with van der Waals surface area (Å²) in [5.41, 5.74) is 10.0. The number of aryl methyl sites for hydroxylation is 1. The van der Waals surface area contributed by atoms with Gasteiger partial charge >= 0.3 is 0 Å². The summed E-state index contributed by atoms with van der Waals surface area (Å²) in [7, 11) is 0. The molecule has 28 heavy (non-hydrogen) atoms. The van der Waals surface area contributed by atoms with Crippen LogP contribution in [-0.2, 0) is 11.3 Å². The monoisotopic (exact) mass is 380 g/mol. The first kappa shape index (κ1) is 19.2. The second-order valence-corrected chi connectivity index (χ2v) is 8.11. The largest absolute Gasteiger partial charge is 0.378 e. The minimum atomic E-state index is 0.352. The molecule has 1 aliphatic carbocycles. The lowest BCUT2D eigenvalue weighted by atomic mass is 9.90. The van der Waals surface area contributed by atoms with Gasteiger partial charge in [-0.1, -0.05) is 30.3 Å². The highest BCUT2D eigenvalue weighted by Gasteiger charge is 2.26. The van der Waals surface area contributed by atoms with E-state index in [4.69, 9.17) is 15.5 Å². The predicted octanol–water partition coefficient (Wildman–Crippen LogP) is 3.50. The van der Waals surface area contributed by atoms with Gasteiger partial charge in [-0.3, -0.25) is 0 Å². The molecule has 1 aromatic heterocycles. The maximum Gasteiger partial charge on any atom is 0.131 e. The van der Waals surface area contributed by atoms with Gasteiger partial charge in [0, 0.05) is 49.7 Å². The molecule has 2 aromatic rings. The third-order valence-corrected chi connectivity index (χ3v) is 6.08. The zero-order valence-corrected chi connectivity index (χ0v) is 16.9. The Morgan fingerprint density at radius 2 is 1.82 bits per heavy atom. The number of pyridine rings is 1. The highest BCUT2D eigenvalue weighted by Crippen LogP contribution is 2.31. The van der Waals surface area contributed by atoms with Gasteiger partial charge in [0.15, 0.2) is 0 Å². The molecule has 1 aliphatic heterocycles. The number of nitrogens with zero attached hydrogens (tertiary/aromatic N) is 3. The second-order valence-electron chi connectivity index (χ2n) is 8.11. The van der Waals surface area contributed by atoms with Crippen LogP contribution in [-0.4, -0.2) is 43.4 Å². The SMILES string of the molecule is Cc1cnc(N(Cc2ccccc2)C2CCC(N)CC2)cc1N1CCOCC1. The Balaban J connectivity index is 1.63. The average molecular weight is 381 g/mol. The van der Waals surface area contributed by atoms with Crippen molar-refractivity contribution >= 4 is 11.5 Å². The zero-order chi connectivity index (χ0) is 19.3. The van der Waals surface area contributed by atoms with Crippen LogP contribution in [0.25, 0.3) is 0 Å². The van der Waals surface area contributed by atoms with E-state index in [1.807, 2.05) is 6.20 Å². The first-order valence-corrected chi connectivity index (χ1v) is 10.6. The molecule has 2 fully saturated rings. The molecule has 5 heteroatoms. The second kappa shape index (κ2) is 8.93. The molecule has 4 rings (SSSR count). The highest BCUT2D eigenvalue weighted by molar-refractivity contribution is 5.60. The molecule has 1 aromatic carbocycles. The van der Waals surface area contributed by atoms with Gasteiger partial charge < -0.3 is 20.3 Å². The average Bonchev–Trinajstić information content (AvgIpc) is 2.75. The number of nitrogens with two attached hydrogens (primary N) is 1. The van der Waals surface area contributed by atoms with E-state index in [0.29, 0.717) is 12.1 Å². The Bertz CT molecular complexity index is 752. The van der Waals surface area contributed by atoms with E-state index in [-0.39, 0.29) is 0 Å². The minimum absolute atomic E-state index is 0.352. The molecule has 1 saturated carbocycles. The zero-order valence-electron chi connectivity index (χ0n) is 16.9. The van der Waals surface area contributed by atoms with Crippen LogP contribution in [0.5, 0.6) is 0 Å². The Hall–Kier alpha value is -2.11. The smallest absolute Gasteiger partial charge is 0.131 e. The fraction of sp³-hybridized carbons (Fsp3) is 0.522. The number of hydrogen-bond acceptors (Lipinski definition) is 5. The van der Waals surface area contributed by atoms with Gasteiger partial charge in [-0.15, -0.1) is 0 Å². The molecule has 0 bridgehead atoms. The molecule has 2 aliphatic rings. The molecule has 0 unspecified atom stereocenters. The third kappa shape index (κ3) is 4.47. The Kier molecular flexibility index (Phi) is 6.13. The van der Waals surface area contributed by atoms with Crippen molar-refractivity contribution in [2.45, 2.75) is 51.2 Å². The molecule has 0 spiro atoms. The number of rotatable bonds is 5. The molecule has 2 N–H and O–H groups in total. The summed E-state index contributed by atoms with van der Waals surface area (Å²) in [6.45, 7) is 6.53. The van der Waals surface area contributed by atoms with Crippen LogP contribution in [0.4, 0.5) is 11.5 Å². The number of anilines is 2. The van der Waals surface area contributed by atoms with Crippen LogP contribution in [0.1, 0.15) is 36.8 Å². The molecule has 2 heterocycles. The van der Waals surface area contributed by atoms with Crippen molar-refractivity contribution in [3.63, 3.8) is 0 Å². The van der Waals surface area contributed by atoms with Crippen LogP contribution in [0.3, 0.4) is 0 Å². The predicted molar refractivity (Wildman–Crippen MR) is 115 cm³/mol. The van der Waals surface area contributed by atoms with Crippen LogP contribution in [0, 0.1) is 6.92 Å². The van der Waals surface area contributed by atoms with Crippen molar-refractivity contribution < 1.29 is 4.74 Å². The van der Waals surface area contributed by atoms with Crippen LogP contribution < -0.4 is 15.5 Å². The summed E-state index contributed by atoms with van der Waals surface area (Å²) in [6.07, 6.45) is 6.50. The lowest BCUT2D eigenvalue weighted by molar-refractivity contribution is 0.122. The van der Waals surface area contributed by atoms with Gasteiger partial charge in [-0.05, 0) is 43.7 Å². The van der Waals surface area contributed by atoms with E-state index >= 15 is 0 Å². The maximum atomic E-state index is 6.18. The van der Waals surface area contributed by atoms with Crippen molar-refractivity contribution in [2.24, 2.45) is 5.73 Å². The number of morpholine rings is 1. The highest BCUT2D eigenvalue weighted by atomic mass is 16.5. The summed E-state index contributed by atoms with van der Waals surface area (Å²) >= 11 is 0. The van der Waals surface area contributed by atoms with Gasteiger partial charge in [-0.2, -0.15) is 0 Å². The number of benzene rings is 1. The first-order chi connectivity index (χ1) is 13.7. The summed E-state index contributed by atoms with van der Waals surface area (Å²) in [4.78, 5) is 9.80. The fourth-order valence-electron chi connectivity index (χ4n) is 4.40. The summed E-state index contributed by atoms with van der Waals surface area (Å²) in [6, 6.07) is 13.9. The molecule has 5 nitrogen and oxygen atoms in total. The fourth-order valence-corrected chi connectivity index (χ4v) is 4.40. The van der Waals surface area contributed by atoms with Crippen molar-refractivity contribution in [2.75, 3.05) is 36.1 Å². The van der Waals surface area contributed by atoms with Gasteiger partial charge in [0.05, 0.1) is 13.2 Å². The van der Waals surface area contributed by atoms with E-state index in [9.17, 15) is 0 Å². The summed E-state index contributed by atoms with van der Waals surface area (Å²) in [5.74, 6) is 1.08. The van der Waals surface area contributed by atoms with Crippen LogP contribution in [0.15, 0.2) is 42.6 Å². The van der Waals surface area contributed by atoms with Crippen LogP contribution in [0.2, 0.25) is 0 Å². The molecule has 0 atom stereocenters. The van der Waals surface area contributed by atoms with E-state index in [0.717, 1.165) is 64.3 Å². The maximum absolute atomic E-state index is 6.18. The lowest BCUT2D eigenvalue weighted by Crippen LogP contribution is -2.41. The topological polar surface area (TPSA) is 54.6 Å². The minimum Gasteiger partial charge on any atom is -0.378 e. The molecule has 150 valence electrons. The molecule has 0 amide bonds. The first-order valence-electron chi connectivity index (χ1n) is 10.6. The molecular formula is C23H32N4O. The van der Waals surface area contributed by atoms with Crippen molar-refractivity contribution in [3.8, 4) is 0 Å². The van der Waals surface area contributed by atoms with Crippen molar-refractivity contribution in [1.29, 1.82) is 0 Å². The van der Waals surface area contributed by atoms with Gasteiger partial charge in [0.1, 0.15) is 5.82 Å². The van der Waals surface area contributed by atoms with Crippen molar-refractivity contribution in [1.82, 2.24) is 4.98 Å². The lowest BCUT2D eigenvalue weighted by Gasteiger charge is -2.38. The standard InChI is InChI=1S/C23H32N4O/c1-18-16-25-23(15-22(18)26-11-13-28-14-12-26)27(17-19-5-3-2-4-6-19)21-9-7-20(24)8-10-21/h2-6,15-16,20-21H,7-14,17,24H2,1H3. The van der Waals surface area contributed by atoms with E-state index in [2.05, 4.69) is 53.1 Å². The molecule has 0 radical (unpaired) electrons. The molecule has 1 saturated heterocycles. The molecular weight excluding hydrogens is 348 g/mol. The summed E-state index contributed by atoms with van der Waals surface area (Å²) < 4.78 is 5.54. The van der Waals surface area contributed by atoms with Gasteiger partial charge in [0.25, 0.3) is 0 Å². The Labute approximate surface area is 168 Å². The van der Waals surface area contributed by atoms with Gasteiger partial charge in [-0.25, -0.2) is 4.98 Å². The number of ether oxygens (including phenoxy) is 1. The van der Waals surface area contributed by atoms with Crippen molar-refractivity contribution in [3.05, 3.63) is 53.7 Å². The van der Waals surface area contributed by atoms with E-state index in [1.54, 1.807) is 0 Å². The van der Waals surface area contributed by atoms with E-state index < -0.39 is 0 Å². The number of hydrogen-bond donors (Lipinski definition) is 1. The van der Waals surface area contributed by atoms with E-state index in [1.165, 1.54) is 16.8 Å². The van der Waals surface area contributed by atoms with Gasteiger partial charge in [0.2, 0.25) is 0 Å². The number of aromatic nitrogens is 1. The van der Waals surface area contributed by atoms with Crippen LogP contribution >= 0.6 is 0 Å². The quantitative estimate of drug-likeness (QED) is 0.860. The normalized spacial score (nSPS) is 22.9.